The molecule has 0 fully saturated rings. The predicted molar refractivity (Wildman–Crippen MR) is 88.5 cm³/mol. The third-order valence-electron chi connectivity index (χ3n) is 4.02. The lowest BCUT2D eigenvalue weighted by molar-refractivity contribution is 1.56. The van der Waals surface area contributed by atoms with Crippen LogP contribution in [0.2, 0.25) is 0 Å². The molecule has 4 aromatic rings. The number of benzene rings is 4. The largest absolute Gasteiger partial charge is 0.388 e. The van der Waals surface area contributed by atoms with E-state index >= 15 is 0 Å². The van der Waals surface area contributed by atoms with Gasteiger partial charge in [-0.1, -0.05) is 60.7 Å². The molecule has 4 rings (SSSR count). The molecular formula is C19H15N. The second-order valence-corrected chi connectivity index (χ2v) is 5.10. The van der Waals surface area contributed by atoms with Crippen LogP contribution < -0.4 is 5.32 Å². The molecule has 0 saturated heterocycles. The van der Waals surface area contributed by atoms with Gasteiger partial charge in [-0.25, -0.2) is 0 Å². The highest BCUT2D eigenvalue weighted by Crippen LogP contribution is 2.36. The fraction of sp³-hybridized carbons (Fsp3) is 0.0526. The van der Waals surface area contributed by atoms with Crippen molar-refractivity contribution in [3.8, 4) is 0 Å². The summed E-state index contributed by atoms with van der Waals surface area (Å²) in [5.74, 6) is 0. The van der Waals surface area contributed by atoms with Crippen LogP contribution in [-0.2, 0) is 0 Å². The van der Waals surface area contributed by atoms with Gasteiger partial charge in [0.05, 0.1) is 0 Å². The van der Waals surface area contributed by atoms with Crippen LogP contribution in [0.5, 0.6) is 0 Å². The molecule has 0 bridgehead atoms. The van der Waals surface area contributed by atoms with Gasteiger partial charge in [0.2, 0.25) is 0 Å². The summed E-state index contributed by atoms with van der Waals surface area (Å²) in [6.45, 7) is 0. The third kappa shape index (κ3) is 1.50. The van der Waals surface area contributed by atoms with Crippen molar-refractivity contribution < 1.29 is 0 Å². The first-order valence-corrected chi connectivity index (χ1v) is 6.89. The van der Waals surface area contributed by atoms with E-state index in [-0.39, 0.29) is 0 Å². The standard InChI is InChI=1S/C19H15N/c1-20-18-12-14-7-3-4-8-15(14)17-11-10-13-6-2-5-9-16(13)19(17)18/h2-12,20H,1H3. The molecule has 0 aliphatic rings. The second-order valence-electron chi connectivity index (χ2n) is 5.10. The Bertz CT molecular complexity index is 938. The first-order chi connectivity index (χ1) is 9.88. The average molecular weight is 257 g/mol. The molecule has 20 heavy (non-hydrogen) atoms. The first-order valence-electron chi connectivity index (χ1n) is 6.89. The smallest absolute Gasteiger partial charge is 0.0430 e. The molecule has 0 aliphatic carbocycles. The summed E-state index contributed by atoms with van der Waals surface area (Å²) >= 11 is 0. The van der Waals surface area contributed by atoms with Crippen molar-refractivity contribution in [1.29, 1.82) is 0 Å². The lowest BCUT2D eigenvalue weighted by Gasteiger charge is -2.12. The molecule has 0 radical (unpaired) electrons. The zero-order valence-corrected chi connectivity index (χ0v) is 11.4. The average Bonchev–Trinajstić information content (AvgIpc) is 2.53. The van der Waals surface area contributed by atoms with E-state index in [0.717, 1.165) is 0 Å². The van der Waals surface area contributed by atoms with Gasteiger partial charge in [0.15, 0.2) is 0 Å². The van der Waals surface area contributed by atoms with Gasteiger partial charge in [0, 0.05) is 18.1 Å². The van der Waals surface area contributed by atoms with Crippen molar-refractivity contribution in [1.82, 2.24) is 0 Å². The second kappa shape index (κ2) is 4.24. The number of hydrogen-bond donors (Lipinski definition) is 1. The molecular weight excluding hydrogens is 242 g/mol. The van der Waals surface area contributed by atoms with E-state index in [9.17, 15) is 0 Å². The van der Waals surface area contributed by atoms with E-state index in [1.807, 2.05) is 7.05 Å². The van der Waals surface area contributed by atoms with E-state index in [0.29, 0.717) is 0 Å². The van der Waals surface area contributed by atoms with Crippen molar-refractivity contribution in [2.75, 3.05) is 12.4 Å². The maximum Gasteiger partial charge on any atom is 0.0430 e. The summed E-state index contributed by atoms with van der Waals surface area (Å²) in [6, 6.07) is 23.8. The molecule has 1 heteroatoms. The molecule has 0 spiro atoms. The van der Waals surface area contributed by atoms with Crippen molar-refractivity contribution in [2.45, 2.75) is 0 Å². The minimum atomic E-state index is 1.19. The van der Waals surface area contributed by atoms with Gasteiger partial charge in [-0.2, -0.15) is 0 Å². The Morgan fingerprint density at radius 1 is 0.650 bits per heavy atom. The minimum absolute atomic E-state index is 1.19. The summed E-state index contributed by atoms with van der Waals surface area (Å²) in [5, 5.41) is 11.2. The van der Waals surface area contributed by atoms with Crippen LogP contribution in [0.1, 0.15) is 0 Å². The van der Waals surface area contributed by atoms with E-state index < -0.39 is 0 Å². The van der Waals surface area contributed by atoms with E-state index in [2.05, 4.69) is 72.0 Å². The van der Waals surface area contributed by atoms with Crippen molar-refractivity contribution in [2.24, 2.45) is 0 Å². The van der Waals surface area contributed by atoms with Crippen LogP contribution >= 0.6 is 0 Å². The normalized spacial score (nSPS) is 11.2. The summed E-state index contributed by atoms with van der Waals surface area (Å²) in [7, 11) is 1.99. The minimum Gasteiger partial charge on any atom is -0.388 e. The van der Waals surface area contributed by atoms with Crippen molar-refractivity contribution in [3.63, 3.8) is 0 Å². The van der Waals surface area contributed by atoms with Crippen LogP contribution in [0.4, 0.5) is 5.69 Å². The maximum atomic E-state index is 3.35. The number of fused-ring (bicyclic) bond motifs is 5. The molecule has 0 atom stereocenters. The number of hydrogen-bond acceptors (Lipinski definition) is 1. The van der Waals surface area contributed by atoms with Gasteiger partial charge in [0.1, 0.15) is 0 Å². The first kappa shape index (κ1) is 11.3. The fourth-order valence-electron chi connectivity index (χ4n) is 3.08. The summed E-state index contributed by atoms with van der Waals surface area (Å²) in [5.41, 5.74) is 1.19. The lowest BCUT2D eigenvalue weighted by Crippen LogP contribution is -1.91. The highest BCUT2D eigenvalue weighted by molar-refractivity contribution is 6.22. The molecule has 0 amide bonds. The molecule has 96 valence electrons. The molecule has 0 aromatic heterocycles. The van der Waals surface area contributed by atoms with E-state index in [1.54, 1.807) is 0 Å². The molecule has 4 aromatic carbocycles. The van der Waals surface area contributed by atoms with Gasteiger partial charge < -0.3 is 5.32 Å². The molecule has 1 nitrogen and oxygen atoms in total. The van der Waals surface area contributed by atoms with Gasteiger partial charge in [-0.3, -0.25) is 0 Å². The summed E-state index contributed by atoms with van der Waals surface area (Å²) < 4.78 is 0. The SMILES string of the molecule is CNc1cc2ccccc2c2ccc3ccccc3c12. The highest BCUT2D eigenvalue weighted by Gasteiger charge is 2.08. The van der Waals surface area contributed by atoms with E-state index in [4.69, 9.17) is 0 Å². The molecule has 0 saturated carbocycles. The Kier molecular flexibility index (Phi) is 2.40. The maximum absolute atomic E-state index is 3.35. The Morgan fingerprint density at radius 2 is 1.35 bits per heavy atom. The van der Waals surface area contributed by atoms with Crippen molar-refractivity contribution >= 4 is 38.0 Å². The zero-order chi connectivity index (χ0) is 13.5. The molecule has 1 N–H and O–H groups in total. The van der Waals surface area contributed by atoms with E-state index in [1.165, 1.54) is 38.0 Å². The molecule has 0 aliphatic heterocycles. The summed E-state index contributed by atoms with van der Waals surface area (Å²) in [6.07, 6.45) is 0. The molecule has 0 unspecified atom stereocenters. The Hall–Kier alpha value is -2.54. The topological polar surface area (TPSA) is 12.0 Å². The monoisotopic (exact) mass is 257 g/mol. The van der Waals surface area contributed by atoms with Crippen LogP contribution in [0.3, 0.4) is 0 Å². The number of rotatable bonds is 1. The van der Waals surface area contributed by atoms with Crippen LogP contribution in [0, 0.1) is 0 Å². The Morgan fingerprint density at radius 3 is 2.15 bits per heavy atom. The van der Waals surface area contributed by atoms with Crippen LogP contribution in [-0.4, -0.2) is 7.05 Å². The quantitative estimate of drug-likeness (QED) is 0.463. The van der Waals surface area contributed by atoms with Crippen LogP contribution in [0.25, 0.3) is 32.3 Å². The lowest BCUT2D eigenvalue weighted by atomic mass is 9.95. The van der Waals surface area contributed by atoms with Crippen molar-refractivity contribution in [3.05, 3.63) is 66.7 Å². The van der Waals surface area contributed by atoms with Gasteiger partial charge in [-0.15, -0.1) is 0 Å². The Balaban J connectivity index is 2.33. The van der Waals surface area contributed by atoms with Gasteiger partial charge in [0.25, 0.3) is 0 Å². The highest BCUT2D eigenvalue weighted by atomic mass is 14.8. The Labute approximate surface area is 117 Å². The van der Waals surface area contributed by atoms with Gasteiger partial charge in [-0.05, 0) is 33.0 Å². The summed E-state index contributed by atoms with van der Waals surface area (Å²) in [4.78, 5) is 0. The zero-order valence-electron chi connectivity index (χ0n) is 11.4. The third-order valence-corrected chi connectivity index (χ3v) is 4.02. The number of nitrogens with one attached hydrogen (secondary N) is 1. The van der Waals surface area contributed by atoms with Gasteiger partial charge >= 0.3 is 0 Å². The number of anilines is 1. The van der Waals surface area contributed by atoms with Crippen LogP contribution in [0.15, 0.2) is 66.7 Å². The predicted octanol–water partition coefficient (Wildman–Crippen LogP) is 5.19. The molecule has 0 heterocycles. The fourth-order valence-corrected chi connectivity index (χ4v) is 3.08.